The van der Waals surface area contributed by atoms with Gasteiger partial charge in [0.15, 0.2) is 5.82 Å². The zero-order valence-electron chi connectivity index (χ0n) is 30.3. The molecule has 0 bridgehead atoms. The molecule has 10 aromatic rings. The van der Waals surface area contributed by atoms with E-state index < -0.39 is 5.41 Å². The van der Waals surface area contributed by atoms with E-state index in [9.17, 15) is 0 Å². The Morgan fingerprint density at radius 1 is 0.321 bits per heavy atom. The van der Waals surface area contributed by atoms with Crippen LogP contribution in [0.5, 0.6) is 0 Å². The molecule has 56 heavy (non-hydrogen) atoms. The third-order valence-electron chi connectivity index (χ3n) is 11.9. The highest BCUT2D eigenvalue weighted by atomic mass is 16.3. The van der Waals surface area contributed by atoms with Crippen LogP contribution in [0.15, 0.2) is 199 Å². The average Bonchev–Trinajstić information content (AvgIpc) is 3.75. The summed E-state index contributed by atoms with van der Waals surface area (Å²) in [5.74, 6) is 0.700. The maximum absolute atomic E-state index is 6.67. The molecule has 0 N–H and O–H groups in total. The molecule has 8 aromatic carbocycles. The molecule has 2 aromatic heterocycles. The molecular weight excluding hydrogens is 681 g/mol. The first kappa shape index (κ1) is 31.0. The van der Waals surface area contributed by atoms with Crippen LogP contribution in [-0.4, -0.2) is 9.97 Å². The maximum atomic E-state index is 6.67. The minimum Gasteiger partial charge on any atom is -0.456 e. The molecule has 0 fully saturated rings. The van der Waals surface area contributed by atoms with Gasteiger partial charge in [-0.15, -0.1) is 0 Å². The molecule has 0 aliphatic heterocycles. The van der Waals surface area contributed by atoms with Crippen molar-refractivity contribution in [1.82, 2.24) is 9.97 Å². The molecule has 260 valence electrons. The monoisotopic (exact) mass is 712 g/mol. The van der Waals surface area contributed by atoms with Gasteiger partial charge in [-0.3, -0.25) is 0 Å². The zero-order chi connectivity index (χ0) is 36.8. The number of para-hydroxylation sites is 1. The largest absolute Gasteiger partial charge is 0.456 e. The number of nitrogens with zero attached hydrogens (tertiary/aromatic N) is 2. The van der Waals surface area contributed by atoms with E-state index in [-0.39, 0.29) is 0 Å². The molecule has 0 saturated heterocycles. The highest BCUT2D eigenvalue weighted by molar-refractivity contribution is 6.09. The minimum absolute atomic E-state index is 0.669. The number of fused-ring (bicyclic) bond motifs is 15. The number of furan rings is 1. The van der Waals surface area contributed by atoms with Crippen LogP contribution < -0.4 is 0 Å². The van der Waals surface area contributed by atoms with Crippen molar-refractivity contribution in [1.29, 1.82) is 0 Å². The standard InChI is InChI=1S/C53H32N2O/c1-3-15-33(16-4-1)48-32-49(55-52(54-48)34-17-5-2-6-18-34)35-27-28-40-37-20-8-7-19-36(37)38-21-9-12-24-44(38)53(46(40)29-35)45-25-13-10-22-39(45)42-30-43-41-23-11-14-26-50(41)56-51(43)31-47(42)53/h1-32H. The highest BCUT2D eigenvalue weighted by Gasteiger charge is 2.50. The van der Waals surface area contributed by atoms with E-state index >= 15 is 0 Å². The lowest BCUT2D eigenvalue weighted by Crippen LogP contribution is -2.29. The third-order valence-corrected chi connectivity index (χ3v) is 11.9. The molecule has 1 unspecified atom stereocenters. The van der Waals surface area contributed by atoms with Crippen LogP contribution in [0.3, 0.4) is 0 Å². The van der Waals surface area contributed by atoms with Gasteiger partial charge in [-0.2, -0.15) is 0 Å². The van der Waals surface area contributed by atoms with Gasteiger partial charge >= 0.3 is 0 Å². The second kappa shape index (κ2) is 11.8. The Hall–Kier alpha value is -7.36. The van der Waals surface area contributed by atoms with Gasteiger partial charge in [0.1, 0.15) is 11.2 Å². The van der Waals surface area contributed by atoms with Crippen molar-refractivity contribution in [2.45, 2.75) is 5.41 Å². The molecule has 0 radical (unpaired) electrons. The fourth-order valence-electron chi connectivity index (χ4n) is 9.53. The first-order chi connectivity index (χ1) is 27.8. The Kier molecular flexibility index (Phi) is 6.55. The fraction of sp³-hybridized carbons (Fsp3) is 0.0189. The summed E-state index contributed by atoms with van der Waals surface area (Å²) in [5.41, 5.74) is 18.3. The molecule has 2 aliphatic rings. The van der Waals surface area contributed by atoms with Gasteiger partial charge in [0.05, 0.1) is 16.8 Å². The summed E-state index contributed by atoms with van der Waals surface area (Å²) >= 11 is 0. The number of hydrogen-bond donors (Lipinski definition) is 0. The summed E-state index contributed by atoms with van der Waals surface area (Å²) in [6, 6.07) is 69.8. The molecule has 3 heteroatoms. The molecule has 1 atom stereocenters. The summed E-state index contributed by atoms with van der Waals surface area (Å²) in [6.07, 6.45) is 0. The van der Waals surface area contributed by atoms with Crippen LogP contribution in [-0.2, 0) is 5.41 Å². The zero-order valence-corrected chi connectivity index (χ0v) is 30.3. The second-order valence-electron chi connectivity index (χ2n) is 14.8. The summed E-state index contributed by atoms with van der Waals surface area (Å²) in [6.45, 7) is 0. The Balaban J connectivity index is 1.21. The van der Waals surface area contributed by atoms with Crippen molar-refractivity contribution in [3.8, 4) is 67.3 Å². The van der Waals surface area contributed by atoms with E-state index in [2.05, 4.69) is 164 Å². The van der Waals surface area contributed by atoms with E-state index in [0.29, 0.717) is 5.82 Å². The summed E-state index contributed by atoms with van der Waals surface area (Å²) < 4.78 is 6.67. The van der Waals surface area contributed by atoms with Crippen molar-refractivity contribution in [2.24, 2.45) is 0 Å². The summed E-state index contributed by atoms with van der Waals surface area (Å²) in [5, 5.41) is 2.26. The SMILES string of the molecule is c1ccc(-c2cc(-c3ccc4c(c3)C3(c5ccccc5-c5ccccc5-4)c4ccccc4-c4cc5c(cc43)oc3ccccc35)nc(-c3ccccc3)n2)cc1. The van der Waals surface area contributed by atoms with Gasteiger partial charge in [0, 0.05) is 27.5 Å². The lowest BCUT2D eigenvalue weighted by Gasteiger charge is -2.35. The van der Waals surface area contributed by atoms with E-state index in [4.69, 9.17) is 14.4 Å². The van der Waals surface area contributed by atoms with Gasteiger partial charge in [-0.25, -0.2) is 9.97 Å². The van der Waals surface area contributed by atoms with E-state index in [1.54, 1.807) is 0 Å². The van der Waals surface area contributed by atoms with Gasteiger partial charge in [-0.05, 0) is 86.0 Å². The third kappa shape index (κ3) is 4.34. The van der Waals surface area contributed by atoms with Crippen LogP contribution in [0, 0.1) is 0 Å². The van der Waals surface area contributed by atoms with Crippen molar-refractivity contribution in [3.63, 3.8) is 0 Å². The Morgan fingerprint density at radius 2 is 0.857 bits per heavy atom. The molecule has 3 nitrogen and oxygen atoms in total. The quantitative estimate of drug-likeness (QED) is 0.183. The van der Waals surface area contributed by atoms with Crippen molar-refractivity contribution in [2.75, 3.05) is 0 Å². The normalized spacial score (nSPS) is 14.9. The molecule has 2 heterocycles. The maximum Gasteiger partial charge on any atom is 0.160 e. The summed E-state index contributed by atoms with van der Waals surface area (Å²) in [4.78, 5) is 10.4. The minimum atomic E-state index is -0.669. The predicted octanol–water partition coefficient (Wildman–Crippen LogP) is 13.4. The molecule has 0 saturated carbocycles. The lowest BCUT2D eigenvalue weighted by molar-refractivity contribution is 0.666. The smallest absolute Gasteiger partial charge is 0.160 e. The van der Waals surface area contributed by atoms with Crippen molar-refractivity contribution < 1.29 is 4.42 Å². The molecule has 2 aliphatic carbocycles. The van der Waals surface area contributed by atoms with Gasteiger partial charge in [-0.1, -0.05) is 164 Å². The Labute approximate surface area is 324 Å². The van der Waals surface area contributed by atoms with Crippen molar-refractivity contribution >= 4 is 21.9 Å². The highest BCUT2D eigenvalue weighted by Crippen LogP contribution is 2.62. The Morgan fingerprint density at radius 3 is 1.57 bits per heavy atom. The molecule has 12 rings (SSSR count). The van der Waals surface area contributed by atoms with Crippen LogP contribution >= 0.6 is 0 Å². The first-order valence-corrected chi connectivity index (χ1v) is 19.2. The van der Waals surface area contributed by atoms with Gasteiger partial charge in [0.2, 0.25) is 0 Å². The topological polar surface area (TPSA) is 38.9 Å². The molecular formula is C53H32N2O. The van der Waals surface area contributed by atoms with Gasteiger partial charge < -0.3 is 4.42 Å². The van der Waals surface area contributed by atoms with E-state index in [1.807, 2.05) is 30.3 Å². The number of hydrogen-bond acceptors (Lipinski definition) is 3. The predicted molar refractivity (Wildman–Crippen MR) is 227 cm³/mol. The van der Waals surface area contributed by atoms with Crippen LogP contribution in [0.1, 0.15) is 22.3 Å². The molecule has 1 spiro atoms. The van der Waals surface area contributed by atoms with Crippen molar-refractivity contribution in [3.05, 3.63) is 216 Å². The van der Waals surface area contributed by atoms with Gasteiger partial charge in [0.25, 0.3) is 0 Å². The molecule has 0 amide bonds. The first-order valence-electron chi connectivity index (χ1n) is 19.2. The number of rotatable bonds is 3. The lowest BCUT2D eigenvalue weighted by atomic mass is 9.65. The second-order valence-corrected chi connectivity index (χ2v) is 14.8. The van der Waals surface area contributed by atoms with E-state index in [1.165, 1.54) is 55.6 Å². The number of aromatic nitrogens is 2. The fourth-order valence-corrected chi connectivity index (χ4v) is 9.53. The summed E-state index contributed by atoms with van der Waals surface area (Å²) in [7, 11) is 0. The Bertz CT molecular complexity index is 3140. The average molecular weight is 713 g/mol. The number of benzene rings is 8. The van der Waals surface area contributed by atoms with Crippen LogP contribution in [0.4, 0.5) is 0 Å². The van der Waals surface area contributed by atoms with Crippen LogP contribution in [0.25, 0.3) is 89.2 Å². The van der Waals surface area contributed by atoms with E-state index in [0.717, 1.165) is 50.0 Å². The van der Waals surface area contributed by atoms with Crippen LogP contribution in [0.2, 0.25) is 0 Å².